The smallest absolute Gasteiger partial charge is 0.221 e. The second-order valence-corrected chi connectivity index (χ2v) is 6.71. The van der Waals surface area contributed by atoms with Gasteiger partial charge in [0, 0.05) is 31.6 Å². The summed E-state index contributed by atoms with van der Waals surface area (Å²) in [4.78, 5) is 2.38. The Morgan fingerprint density at radius 1 is 1.33 bits per heavy atom. The first-order chi connectivity index (χ1) is 13.2. The van der Waals surface area contributed by atoms with E-state index in [2.05, 4.69) is 27.0 Å². The Balaban J connectivity index is 1.57. The van der Waals surface area contributed by atoms with Gasteiger partial charge in [0.15, 0.2) is 5.69 Å². The van der Waals surface area contributed by atoms with Crippen LogP contribution in [0, 0.1) is 0 Å². The summed E-state index contributed by atoms with van der Waals surface area (Å²) in [5.41, 5.74) is 1.30. The number of benzene rings is 1. The van der Waals surface area contributed by atoms with Crippen molar-refractivity contribution >= 4 is 33.9 Å². The lowest BCUT2D eigenvalue weighted by Crippen LogP contribution is -2.37. The Bertz CT molecular complexity index is 827. The summed E-state index contributed by atoms with van der Waals surface area (Å²) < 4.78 is 7.09. The first-order valence-corrected chi connectivity index (χ1v) is 9.52. The molecule has 2 aromatic rings. The molecule has 1 aromatic heterocycles. The number of nitrogens with zero attached hydrogens (tertiary/aromatic N) is 4. The third-order valence-electron chi connectivity index (χ3n) is 4.50. The molecule has 27 heavy (non-hydrogen) atoms. The first kappa shape index (κ1) is 19.5. The molecule has 2 N–H and O–H groups in total. The van der Waals surface area contributed by atoms with E-state index in [9.17, 15) is 5.11 Å². The van der Waals surface area contributed by atoms with Crippen molar-refractivity contribution in [2.75, 3.05) is 39.4 Å². The van der Waals surface area contributed by atoms with E-state index in [1.165, 1.54) is 0 Å². The summed E-state index contributed by atoms with van der Waals surface area (Å²) in [6.07, 6.45) is 2.70. The number of fused-ring (bicyclic) bond motifs is 1. The van der Waals surface area contributed by atoms with Crippen molar-refractivity contribution in [3.05, 3.63) is 36.9 Å². The summed E-state index contributed by atoms with van der Waals surface area (Å²) in [5, 5.41) is 23.0. The predicted octanol–water partition coefficient (Wildman–Crippen LogP) is 3.21. The van der Waals surface area contributed by atoms with Crippen LogP contribution in [-0.4, -0.2) is 59.1 Å². The summed E-state index contributed by atoms with van der Waals surface area (Å²) >= 11 is 5.24. The fraction of sp³-hybridized carbons (Fsp3) is 0.421. The largest absolute Gasteiger partial charge is 0.493 e. The van der Waals surface area contributed by atoms with E-state index in [4.69, 9.17) is 17.0 Å². The van der Waals surface area contributed by atoms with Crippen LogP contribution >= 0.6 is 12.2 Å². The maximum atomic E-state index is 10.5. The Hall–Kier alpha value is -2.29. The van der Waals surface area contributed by atoms with Crippen LogP contribution in [0.2, 0.25) is 0 Å². The van der Waals surface area contributed by atoms with E-state index in [0.29, 0.717) is 17.3 Å². The maximum Gasteiger partial charge on any atom is 0.221 e. The zero-order valence-corrected chi connectivity index (χ0v) is 16.1. The van der Waals surface area contributed by atoms with Crippen LogP contribution in [0.4, 0.5) is 5.69 Å². The molecule has 1 aliphatic heterocycles. The Morgan fingerprint density at radius 2 is 2.11 bits per heavy atom. The lowest BCUT2D eigenvalue weighted by molar-refractivity contribution is 0.0376. The zero-order chi connectivity index (χ0) is 19.1. The van der Waals surface area contributed by atoms with E-state index < -0.39 is 0 Å². The average molecular weight is 388 g/mol. The van der Waals surface area contributed by atoms with E-state index in [1.807, 2.05) is 24.3 Å². The number of allylic oxidation sites excluding steroid dienone is 1. The normalized spacial score (nSPS) is 15.4. The molecule has 0 aliphatic carbocycles. The predicted molar refractivity (Wildman–Crippen MR) is 111 cm³/mol. The van der Waals surface area contributed by atoms with Crippen molar-refractivity contribution in [3.63, 3.8) is 0 Å². The number of morpholine rings is 1. The van der Waals surface area contributed by atoms with Crippen LogP contribution in [0.3, 0.4) is 0 Å². The van der Waals surface area contributed by atoms with E-state index >= 15 is 0 Å². The number of para-hydroxylation sites is 1. The van der Waals surface area contributed by atoms with Gasteiger partial charge in [-0.25, -0.2) is 0 Å². The molecule has 0 amide bonds. The molecule has 1 fully saturated rings. The molecule has 1 aliphatic rings. The number of aromatic nitrogens is 1. The quantitative estimate of drug-likeness (QED) is 0.330. The Morgan fingerprint density at radius 3 is 2.89 bits per heavy atom. The number of hydrogen-bond donors (Lipinski definition) is 2. The van der Waals surface area contributed by atoms with Crippen LogP contribution in [0.15, 0.2) is 47.1 Å². The molecule has 0 spiro atoms. The molecular formula is C19H25N5O2S. The monoisotopic (exact) mass is 387 g/mol. The molecule has 1 saturated heterocycles. The molecule has 1 aromatic carbocycles. The van der Waals surface area contributed by atoms with Crippen molar-refractivity contribution < 1.29 is 9.84 Å². The van der Waals surface area contributed by atoms with Gasteiger partial charge in [0.05, 0.1) is 18.7 Å². The SMILES string of the molecule is C=CCn1c(O)c(N=NC(=S)NCCCN2CCOCC2)c2ccccc21. The lowest BCUT2D eigenvalue weighted by Gasteiger charge is -2.26. The number of thiocarbonyl (C=S) groups is 1. The second-order valence-electron chi connectivity index (χ2n) is 6.33. The average Bonchev–Trinajstić information content (AvgIpc) is 2.96. The van der Waals surface area contributed by atoms with Gasteiger partial charge in [0.1, 0.15) is 0 Å². The fourth-order valence-electron chi connectivity index (χ4n) is 3.14. The minimum Gasteiger partial charge on any atom is -0.493 e. The highest BCUT2D eigenvalue weighted by Gasteiger charge is 2.15. The molecule has 8 heteroatoms. The molecule has 0 unspecified atom stereocenters. The third kappa shape index (κ3) is 4.91. The van der Waals surface area contributed by atoms with Gasteiger partial charge in [-0.15, -0.1) is 16.8 Å². The molecule has 3 rings (SSSR count). The summed E-state index contributed by atoms with van der Waals surface area (Å²) in [5.74, 6) is 0.0648. The molecule has 7 nitrogen and oxygen atoms in total. The molecule has 144 valence electrons. The van der Waals surface area contributed by atoms with Gasteiger partial charge < -0.3 is 19.7 Å². The highest BCUT2D eigenvalue weighted by molar-refractivity contribution is 7.80. The maximum absolute atomic E-state index is 10.5. The van der Waals surface area contributed by atoms with Crippen molar-refractivity contribution in [3.8, 4) is 5.88 Å². The number of azo groups is 1. The van der Waals surface area contributed by atoms with Crippen molar-refractivity contribution in [1.29, 1.82) is 0 Å². The Kier molecular flexibility index (Phi) is 6.92. The van der Waals surface area contributed by atoms with Crippen LogP contribution in [0.25, 0.3) is 10.9 Å². The van der Waals surface area contributed by atoms with E-state index in [0.717, 1.165) is 56.7 Å². The minimum absolute atomic E-state index is 0.0648. The summed E-state index contributed by atoms with van der Waals surface area (Å²) in [6.45, 7) is 9.56. The van der Waals surface area contributed by atoms with Gasteiger partial charge in [0.25, 0.3) is 0 Å². The molecule has 0 saturated carbocycles. The summed E-state index contributed by atoms with van der Waals surface area (Å²) in [6, 6.07) is 7.66. The number of hydrogen-bond acceptors (Lipinski definition) is 5. The standard InChI is InChI=1S/C19H25N5O2S/c1-2-9-24-16-7-4-3-6-15(16)17(18(24)25)21-22-19(27)20-8-5-10-23-11-13-26-14-12-23/h2-4,6-7,25H,1,5,8-14H2,(H,20,27). The van der Waals surface area contributed by atoms with Gasteiger partial charge in [-0.3, -0.25) is 4.90 Å². The molecular weight excluding hydrogens is 362 g/mol. The highest BCUT2D eigenvalue weighted by Crippen LogP contribution is 2.38. The number of aromatic hydroxyl groups is 1. The highest BCUT2D eigenvalue weighted by atomic mass is 32.1. The van der Waals surface area contributed by atoms with Crippen molar-refractivity contribution in [2.24, 2.45) is 10.2 Å². The van der Waals surface area contributed by atoms with E-state index in [-0.39, 0.29) is 5.88 Å². The van der Waals surface area contributed by atoms with Gasteiger partial charge >= 0.3 is 0 Å². The summed E-state index contributed by atoms with van der Waals surface area (Å²) in [7, 11) is 0. The zero-order valence-electron chi connectivity index (χ0n) is 15.3. The van der Waals surface area contributed by atoms with E-state index in [1.54, 1.807) is 10.6 Å². The lowest BCUT2D eigenvalue weighted by atomic mass is 10.2. The minimum atomic E-state index is 0.0648. The van der Waals surface area contributed by atoms with Crippen LogP contribution in [-0.2, 0) is 11.3 Å². The first-order valence-electron chi connectivity index (χ1n) is 9.11. The van der Waals surface area contributed by atoms with Gasteiger partial charge in [-0.2, -0.15) is 0 Å². The Labute approximate surface area is 164 Å². The molecule has 2 heterocycles. The van der Waals surface area contributed by atoms with Gasteiger partial charge in [0.2, 0.25) is 11.0 Å². The van der Waals surface area contributed by atoms with Gasteiger partial charge in [-0.1, -0.05) is 24.3 Å². The topological polar surface area (TPSA) is 74.4 Å². The second kappa shape index (κ2) is 9.59. The molecule has 0 bridgehead atoms. The molecule has 0 radical (unpaired) electrons. The van der Waals surface area contributed by atoms with Crippen LogP contribution < -0.4 is 5.32 Å². The van der Waals surface area contributed by atoms with Crippen LogP contribution in [0.1, 0.15) is 6.42 Å². The number of ether oxygens (including phenoxy) is 1. The third-order valence-corrected chi connectivity index (χ3v) is 4.73. The van der Waals surface area contributed by atoms with Gasteiger partial charge in [-0.05, 0) is 31.2 Å². The van der Waals surface area contributed by atoms with Crippen molar-refractivity contribution in [1.82, 2.24) is 14.8 Å². The fourth-order valence-corrected chi connectivity index (χ4v) is 3.28. The molecule has 0 atom stereocenters. The number of rotatable bonds is 7. The van der Waals surface area contributed by atoms with Crippen LogP contribution in [0.5, 0.6) is 5.88 Å². The number of nitrogens with one attached hydrogen (secondary N) is 1. The van der Waals surface area contributed by atoms with Crippen molar-refractivity contribution in [2.45, 2.75) is 13.0 Å².